The summed E-state index contributed by atoms with van der Waals surface area (Å²) in [5, 5.41) is 0. The van der Waals surface area contributed by atoms with Crippen molar-refractivity contribution >= 4 is 6.29 Å². The molecule has 0 heterocycles. The molecule has 0 fully saturated rings. The largest absolute Gasteiger partial charge is 1.00 e. The number of quaternary nitrogens is 1. The first-order valence-corrected chi connectivity index (χ1v) is 3.80. The van der Waals surface area contributed by atoms with E-state index in [0.29, 0.717) is 0 Å². The molecule has 0 bridgehead atoms. The van der Waals surface area contributed by atoms with Crippen LogP contribution in [0, 0.1) is 0 Å². The lowest BCUT2D eigenvalue weighted by Crippen LogP contribution is -3.00. The molecule has 68 valence electrons. The highest BCUT2D eigenvalue weighted by Crippen LogP contribution is 1.98. The molecule has 3 heteroatoms. The molecular weight excluding hydrogens is 162 g/mol. The molecule has 2 nitrogen and oxygen atoms in total. The van der Waals surface area contributed by atoms with Gasteiger partial charge in [-0.3, -0.25) is 0 Å². The number of carbonyl (C=O) groups is 1. The molecule has 0 radical (unpaired) electrons. The van der Waals surface area contributed by atoms with Gasteiger partial charge in [-0.15, -0.1) is 0 Å². The molecule has 0 atom stereocenters. The predicted molar refractivity (Wildman–Crippen MR) is 42.8 cm³/mol. The van der Waals surface area contributed by atoms with E-state index in [9.17, 15) is 4.79 Å². The Bertz CT molecular complexity index is 98.8. The summed E-state index contributed by atoms with van der Waals surface area (Å²) in [7, 11) is 6.50. The van der Waals surface area contributed by atoms with E-state index in [1.54, 1.807) is 0 Å². The maximum absolute atomic E-state index is 9.92. The maximum Gasteiger partial charge on any atom is 0.119 e. The predicted octanol–water partition coefficient (Wildman–Crippen LogP) is -1.93. The molecule has 0 aromatic rings. The van der Waals surface area contributed by atoms with E-state index < -0.39 is 0 Å². The second-order valence-electron chi connectivity index (χ2n) is 3.68. The van der Waals surface area contributed by atoms with Gasteiger partial charge in [0, 0.05) is 6.42 Å². The fourth-order valence-electron chi connectivity index (χ4n) is 0.814. The molecule has 0 aliphatic rings. The highest BCUT2D eigenvalue weighted by Gasteiger charge is 2.04. The van der Waals surface area contributed by atoms with E-state index in [-0.39, 0.29) is 12.4 Å². The Morgan fingerprint density at radius 2 is 1.73 bits per heavy atom. The Morgan fingerprint density at radius 3 is 2.09 bits per heavy atom. The van der Waals surface area contributed by atoms with Crippen molar-refractivity contribution in [1.29, 1.82) is 0 Å². The van der Waals surface area contributed by atoms with Crippen molar-refractivity contribution < 1.29 is 21.7 Å². The lowest BCUT2D eigenvalue weighted by atomic mass is 10.2. The maximum atomic E-state index is 9.92. The summed E-state index contributed by atoms with van der Waals surface area (Å²) in [6.07, 6.45) is 3.91. The number of aldehydes is 1. The van der Waals surface area contributed by atoms with Crippen LogP contribution in [0.2, 0.25) is 0 Å². The average Bonchev–Trinajstić information content (AvgIpc) is 1.78. The first-order valence-electron chi connectivity index (χ1n) is 3.80. The van der Waals surface area contributed by atoms with E-state index in [0.717, 1.165) is 36.6 Å². The van der Waals surface area contributed by atoms with Gasteiger partial charge in [0.1, 0.15) is 6.29 Å². The molecule has 0 aliphatic heterocycles. The molecule has 0 saturated carbocycles. The van der Waals surface area contributed by atoms with Crippen LogP contribution in [-0.2, 0) is 4.79 Å². The van der Waals surface area contributed by atoms with Gasteiger partial charge < -0.3 is 21.7 Å². The molecule has 0 aromatic heterocycles. The molecule has 11 heavy (non-hydrogen) atoms. The molecule has 0 rings (SSSR count). The minimum atomic E-state index is 0. The molecule has 0 aliphatic carbocycles. The lowest BCUT2D eigenvalue weighted by molar-refractivity contribution is -0.870. The minimum absolute atomic E-state index is 0. The van der Waals surface area contributed by atoms with E-state index >= 15 is 0 Å². The topological polar surface area (TPSA) is 17.1 Å². The number of rotatable bonds is 5. The first-order chi connectivity index (χ1) is 4.56. The van der Waals surface area contributed by atoms with Gasteiger partial charge in [0.25, 0.3) is 0 Å². The molecule has 0 aromatic carbocycles. The van der Waals surface area contributed by atoms with Crippen LogP contribution in [0.3, 0.4) is 0 Å². The summed E-state index contributed by atoms with van der Waals surface area (Å²) in [4.78, 5) is 9.92. The molecule has 0 amide bonds. The van der Waals surface area contributed by atoms with Crippen molar-refractivity contribution in [1.82, 2.24) is 0 Å². The zero-order chi connectivity index (χ0) is 8.04. The Kier molecular flexibility index (Phi) is 8.13. The van der Waals surface area contributed by atoms with Gasteiger partial charge in [0.05, 0.1) is 27.7 Å². The second-order valence-corrected chi connectivity index (χ2v) is 3.68. The standard InChI is InChI=1S/C8H18NO.ClH/c1-9(2,3)7-5-4-6-8-10;/h8H,4-7H2,1-3H3;1H/q+1;/p-1. The Morgan fingerprint density at radius 1 is 1.18 bits per heavy atom. The smallest absolute Gasteiger partial charge is 0.119 e. The summed E-state index contributed by atoms with van der Waals surface area (Å²) >= 11 is 0. The number of carbonyl (C=O) groups excluding carboxylic acids is 1. The number of halogens is 1. The second kappa shape index (κ2) is 6.62. The third kappa shape index (κ3) is 13.0. The van der Waals surface area contributed by atoms with Crippen molar-refractivity contribution in [2.45, 2.75) is 19.3 Å². The van der Waals surface area contributed by atoms with Crippen LogP contribution in [0.1, 0.15) is 19.3 Å². The van der Waals surface area contributed by atoms with Crippen LogP contribution >= 0.6 is 0 Å². The number of nitrogens with zero attached hydrogens (tertiary/aromatic N) is 1. The molecular formula is C8H18ClNO. The van der Waals surface area contributed by atoms with Crippen LogP contribution in [0.25, 0.3) is 0 Å². The van der Waals surface area contributed by atoms with Gasteiger partial charge in [-0.1, -0.05) is 0 Å². The van der Waals surface area contributed by atoms with Crippen LogP contribution < -0.4 is 12.4 Å². The van der Waals surface area contributed by atoms with Gasteiger partial charge in [-0.2, -0.15) is 0 Å². The Hall–Kier alpha value is -0.0800. The van der Waals surface area contributed by atoms with Gasteiger partial charge in [-0.25, -0.2) is 0 Å². The summed E-state index contributed by atoms with van der Waals surface area (Å²) in [6, 6.07) is 0. The molecule has 0 saturated heterocycles. The van der Waals surface area contributed by atoms with Crippen LogP contribution in [0.4, 0.5) is 0 Å². The van der Waals surface area contributed by atoms with Gasteiger partial charge in [0.15, 0.2) is 0 Å². The SMILES string of the molecule is C[N+](C)(C)CCCCC=O.[Cl-]. The monoisotopic (exact) mass is 179 g/mol. The number of hydrogen-bond donors (Lipinski definition) is 0. The van der Waals surface area contributed by atoms with Crippen LogP contribution in [-0.4, -0.2) is 38.5 Å². The summed E-state index contributed by atoms with van der Waals surface area (Å²) < 4.78 is 0.999. The highest BCUT2D eigenvalue weighted by atomic mass is 35.5. The van der Waals surface area contributed by atoms with E-state index in [1.165, 1.54) is 0 Å². The first kappa shape index (κ1) is 13.5. The van der Waals surface area contributed by atoms with Crippen molar-refractivity contribution in [3.63, 3.8) is 0 Å². The van der Waals surface area contributed by atoms with E-state index in [2.05, 4.69) is 21.1 Å². The normalized spacial score (nSPS) is 10.5. The van der Waals surface area contributed by atoms with E-state index in [4.69, 9.17) is 0 Å². The van der Waals surface area contributed by atoms with Crippen molar-refractivity contribution in [2.75, 3.05) is 27.7 Å². The number of hydrogen-bond acceptors (Lipinski definition) is 1. The van der Waals surface area contributed by atoms with Gasteiger partial charge >= 0.3 is 0 Å². The van der Waals surface area contributed by atoms with Crippen molar-refractivity contribution in [3.8, 4) is 0 Å². The summed E-state index contributed by atoms with van der Waals surface area (Å²) in [5.41, 5.74) is 0. The summed E-state index contributed by atoms with van der Waals surface area (Å²) in [6.45, 7) is 1.16. The van der Waals surface area contributed by atoms with E-state index in [1.807, 2.05) is 0 Å². The highest BCUT2D eigenvalue weighted by molar-refractivity contribution is 5.48. The zero-order valence-electron chi connectivity index (χ0n) is 7.64. The van der Waals surface area contributed by atoms with Gasteiger partial charge in [0.2, 0.25) is 0 Å². The molecule has 0 N–H and O–H groups in total. The summed E-state index contributed by atoms with van der Waals surface area (Å²) in [5.74, 6) is 0. The van der Waals surface area contributed by atoms with Crippen molar-refractivity contribution in [2.24, 2.45) is 0 Å². The third-order valence-corrected chi connectivity index (χ3v) is 1.40. The molecule has 0 unspecified atom stereocenters. The fraction of sp³-hybridized carbons (Fsp3) is 0.875. The van der Waals surface area contributed by atoms with Gasteiger partial charge in [-0.05, 0) is 12.8 Å². The van der Waals surface area contributed by atoms with Crippen LogP contribution in [0.5, 0.6) is 0 Å². The number of unbranched alkanes of at least 4 members (excludes halogenated alkanes) is 2. The molecule has 0 spiro atoms. The van der Waals surface area contributed by atoms with Crippen LogP contribution in [0.15, 0.2) is 0 Å². The average molecular weight is 180 g/mol. The minimum Gasteiger partial charge on any atom is -1.00 e. The quantitative estimate of drug-likeness (QED) is 0.273. The Balaban J connectivity index is 0. The third-order valence-electron chi connectivity index (χ3n) is 1.40. The van der Waals surface area contributed by atoms with Crippen molar-refractivity contribution in [3.05, 3.63) is 0 Å². The zero-order valence-corrected chi connectivity index (χ0v) is 8.40. The fourth-order valence-corrected chi connectivity index (χ4v) is 0.814. The Labute approximate surface area is 75.6 Å². The lowest BCUT2D eigenvalue weighted by Gasteiger charge is -2.23.